The van der Waals surface area contributed by atoms with Crippen LogP contribution in [0.4, 0.5) is 0 Å². The lowest BCUT2D eigenvalue weighted by Gasteiger charge is -2.08. The standard InChI is InChI=1S/C10H10N4O3/c15-9(16)8-12-10-11-3-1-7(14(10)13-8)6-2-4-17-5-6/h1,3,6H,2,4-5H2,(H,15,16). The van der Waals surface area contributed by atoms with E-state index in [2.05, 4.69) is 15.1 Å². The molecule has 1 fully saturated rings. The summed E-state index contributed by atoms with van der Waals surface area (Å²) in [5.41, 5.74) is 0.896. The molecule has 1 unspecified atom stereocenters. The highest BCUT2D eigenvalue weighted by Gasteiger charge is 2.22. The molecule has 1 atom stereocenters. The van der Waals surface area contributed by atoms with Gasteiger partial charge in [0.05, 0.1) is 12.3 Å². The van der Waals surface area contributed by atoms with E-state index in [9.17, 15) is 4.79 Å². The highest BCUT2D eigenvalue weighted by molar-refractivity contribution is 5.83. The van der Waals surface area contributed by atoms with Crippen molar-refractivity contribution in [3.05, 3.63) is 23.8 Å². The molecule has 2 aromatic heterocycles. The Morgan fingerprint density at radius 3 is 3.18 bits per heavy atom. The van der Waals surface area contributed by atoms with Crippen LogP contribution in [0.25, 0.3) is 5.78 Å². The van der Waals surface area contributed by atoms with Crippen LogP contribution in [0.5, 0.6) is 0 Å². The first-order chi connectivity index (χ1) is 8.25. The smallest absolute Gasteiger partial charge is 0.375 e. The fraction of sp³-hybridized carbons (Fsp3) is 0.400. The van der Waals surface area contributed by atoms with Crippen LogP contribution in [0, 0.1) is 0 Å². The SMILES string of the molecule is O=C(O)c1nc2nccc(C3CCOC3)n2n1. The summed E-state index contributed by atoms with van der Waals surface area (Å²) in [6, 6.07) is 1.83. The molecule has 1 N–H and O–H groups in total. The second-order valence-corrected chi connectivity index (χ2v) is 3.88. The average Bonchev–Trinajstić information content (AvgIpc) is 2.97. The Balaban J connectivity index is 2.14. The molecule has 7 nitrogen and oxygen atoms in total. The number of hydrogen-bond acceptors (Lipinski definition) is 5. The van der Waals surface area contributed by atoms with Gasteiger partial charge in [0, 0.05) is 18.7 Å². The minimum atomic E-state index is -1.15. The highest BCUT2D eigenvalue weighted by atomic mass is 16.5. The maximum Gasteiger partial charge on any atom is 0.375 e. The number of carboxylic acids is 1. The monoisotopic (exact) mass is 234 g/mol. The van der Waals surface area contributed by atoms with Gasteiger partial charge in [0.15, 0.2) is 0 Å². The van der Waals surface area contributed by atoms with E-state index in [4.69, 9.17) is 9.84 Å². The number of carboxylic acid groups (broad SMARTS) is 1. The van der Waals surface area contributed by atoms with E-state index in [1.165, 1.54) is 4.52 Å². The maximum absolute atomic E-state index is 10.8. The van der Waals surface area contributed by atoms with E-state index in [1.807, 2.05) is 6.07 Å². The second-order valence-electron chi connectivity index (χ2n) is 3.88. The van der Waals surface area contributed by atoms with Crippen LogP contribution in [-0.2, 0) is 4.74 Å². The molecule has 1 aliphatic heterocycles. The molecule has 88 valence electrons. The lowest BCUT2D eigenvalue weighted by atomic mass is 10.1. The van der Waals surface area contributed by atoms with E-state index in [1.54, 1.807) is 6.20 Å². The van der Waals surface area contributed by atoms with E-state index >= 15 is 0 Å². The number of rotatable bonds is 2. The molecule has 0 aliphatic carbocycles. The van der Waals surface area contributed by atoms with Crippen LogP contribution >= 0.6 is 0 Å². The summed E-state index contributed by atoms with van der Waals surface area (Å²) in [6.07, 6.45) is 2.52. The number of hydrogen-bond donors (Lipinski definition) is 1. The number of ether oxygens (including phenoxy) is 1. The van der Waals surface area contributed by atoms with Crippen molar-refractivity contribution in [1.29, 1.82) is 0 Å². The van der Waals surface area contributed by atoms with Crippen LogP contribution in [0.15, 0.2) is 12.3 Å². The van der Waals surface area contributed by atoms with Gasteiger partial charge in [-0.15, -0.1) is 5.10 Å². The number of aromatic carboxylic acids is 1. The minimum absolute atomic E-state index is 0.226. The Morgan fingerprint density at radius 1 is 1.59 bits per heavy atom. The predicted octanol–water partition coefficient (Wildman–Crippen LogP) is 0.326. The summed E-state index contributed by atoms with van der Waals surface area (Å²) in [5.74, 6) is -0.844. The summed E-state index contributed by atoms with van der Waals surface area (Å²) in [4.78, 5) is 18.7. The molecule has 3 heterocycles. The first kappa shape index (κ1) is 10.2. The van der Waals surface area contributed by atoms with Crippen molar-refractivity contribution >= 4 is 11.7 Å². The highest BCUT2D eigenvalue weighted by Crippen LogP contribution is 2.24. The van der Waals surface area contributed by atoms with E-state index in [0.717, 1.165) is 18.7 Å². The van der Waals surface area contributed by atoms with Crippen molar-refractivity contribution in [2.45, 2.75) is 12.3 Å². The molecule has 0 amide bonds. The van der Waals surface area contributed by atoms with Gasteiger partial charge in [0.2, 0.25) is 0 Å². The van der Waals surface area contributed by atoms with Crippen LogP contribution in [0.3, 0.4) is 0 Å². The number of aromatic nitrogens is 4. The molecule has 3 rings (SSSR count). The van der Waals surface area contributed by atoms with Gasteiger partial charge in [-0.2, -0.15) is 4.98 Å². The van der Waals surface area contributed by atoms with Gasteiger partial charge in [0.25, 0.3) is 11.6 Å². The quantitative estimate of drug-likeness (QED) is 0.805. The summed E-state index contributed by atoms with van der Waals surface area (Å²) in [7, 11) is 0. The van der Waals surface area contributed by atoms with E-state index in [0.29, 0.717) is 12.4 Å². The summed E-state index contributed by atoms with van der Waals surface area (Å²) < 4.78 is 6.81. The largest absolute Gasteiger partial charge is 0.475 e. The van der Waals surface area contributed by atoms with Gasteiger partial charge in [0.1, 0.15) is 0 Å². The zero-order valence-electron chi connectivity index (χ0n) is 8.91. The molecule has 7 heteroatoms. The van der Waals surface area contributed by atoms with Crippen molar-refractivity contribution in [3.8, 4) is 0 Å². The topological polar surface area (TPSA) is 89.6 Å². The van der Waals surface area contributed by atoms with E-state index < -0.39 is 5.97 Å². The molecule has 17 heavy (non-hydrogen) atoms. The zero-order chi connectivity index (χ0) is 11.8. The Labute approximate surface area is 96.1 Å². The third kappa shape index (κ3) is 1.64. The molecule has 1 aliphatic rings. The third-order valence-corrected chi connectivity index (χ3v) is 2.81. The fourth-order valence-corrected chi connectivity index (χ4v) is 1.98. The van der Waals surface area contributed by atoms with Gasteiger partial charge in [-0.25, -0.2) is 14.3 Å². The molecule has 0 bridgehead atoms. The second kappa shape index (κ2) is 3.77. The Morgan fingerprint density at radius 2 is 2.47 bits per heavy atom. The molecule has 2 aromatic rings. The van der Waals surface area contributed by atoms with Gasteiger partial charge in [-0.3, -0.25) is 0 Å². The van der Waals surface area contributed by atoms with Gasteiger partial charge < -0.3 is 9.84 Å². The average molecular weight is 234 g/mol. The first-order valence-electron chi connectivity index (χ1n) is 5.28. The van der Waals surface area contributed by atoms with Gasteiger partial charge in [-0.05, 0) is 12.5 Å². The van der Waals surface area contributed by atoms with Crippen molar-refractivity contribution in [2.75, 3.05) is 13.2 Å². The minimum Gasteiger partial charge on any atom is -0.475 e. The molecule has 0 saturated carbocycles. The van der Waals surface area contributed by atoms with Crippen LogP contribution in [-0.4, -0.2) is 43.9 Å². The lowest BCUT2D eigenvalue weighted by molar-refractivity contribution is 0.0684. The van der Waals surface area contributed by atoms with Crippen LogP contribution < -0.4 is 0 Å². The van der Waals surface area contributed by atoms with Crippen molar-refractivity contribution in [1.82, 2.24) is 19.6 Å². The summed E-state index contributed by atoms with van der Waals surface area (Å²) in [5, 5.41) is 12.8. The summed E-state index contributed by atoms with van der Waals surface area (Å²) in [6.45, 7) is 1.34. The van der Waals surface area contributed by atoms with Gasteiger partial charge in [-0.1, -0.05) is 0 Å². The van der Waals surface area contributed by atoms with Crippen LogP contribution in [0.1, 0.15) is 28.7 Å². The van der Waals surface area contributed by atoms with Crippen molar-refractivity contribution in [2.24, 2.45) is 0 Å². The molecular weight excluding hydrogens is 224 g/mol. The summed E-state index contributed by atoms with van der Waals surface area (Å²) >= 11 is 0. The Kier molecular flexibility index (Phi) is 2.25. The lowest BCUT2D eigenvalue weighted by Crippen LogP contribution is -2.07. The number of carbonyl (C=O) groups is 1. The fourth-order valence-electron chi connectivity index (χ4n) is 1.98. The zero-order valence-corrected chi connectivity index (χ0v) is 8.91. The van der Waals surface area contributed by atoms with Gasteiger partial charge >= 0.3 is 5.97 Å². The molecule has 0 spiro atoms. The molecule has 1 saturated heterocycles. The van der Waals surface area contributed by atoms with Crippen molar-refractivity contribution in [3.63, 3.8) is 0 Å². The van der Waals surface area contributed by atoms with E-state index in [-0.39, 0.29) is 11.7 Å². The number of fused-ring (bicyclic) bond motifs is 1. The maximum atomic E-state index is 10.8. The Bertz CT molecular complexity index is 574. The van der Waals surface area contributed by atoms with Crippen LogP contribution in [0.2, 0.25) is 0 Å². The Hall–Kier alpha value is -2.02. The third-order valence-electron chi connectivity index (χ3n) is 2.81. The normalized spacial score (nSPS) is 19.9. The predicted molar refractivity (Wildman–Crippen MR) is 55.9 cm³/mol. The molecule has 0 radical (unpaired) electrons. The van der Waals surface area contributed by atoms with Crippen molar-refractivity contribution < 1.29 is 14.6 Å². The number of nitrogens with zero attached hydrogens (tertiary/aromatic N) is 4. The molecular formula is C10H10N4O3. The first-order valence-corrected chi connectivity index (χ1v) is 5.28. The molecule has 0 aromatic carbocycles.